The average Bonchev–Trinajstić information content (AvgIpc) is 3.45. The van der Waals surface area contributed by atoms with Crippen molar-refractivity contribution < 1.29 is 64.9 Å². The van der Waals surface area contributed by atoms with Gasteiger partial charge in [-0.1, -0.05) is 38.5 Å². The van der Waals surface area contributed by atoms with Gasteiger partial charge in [0, 0.05) is 30.6 Å². The monoisotopic (exact) mass is 544 g/mol. The molecule has 204 valence electrons. The first-order chi connectivity index (χ1) is 18.5. The van der Waals surface area contributed by atoms with Crippen LogP contribution in [0.2, 0.25) is 0 Å². The number of carboxylic acids is 1. The fourth-order valence-electron chi connectivity index (χ4n) is 4.70. The summed E-state index contributed by atoms with van der Waals surface area (Å²) in [4.78, 5) is 11.6. The number of benzene rings is 3. The van der Waals surface area contributed by atoms with Crippen molar-refractivity contribution in [2.24, 2.45) is 0 Å². The van der Waals surface area contributed by atoms with Crippen molar-refractivity contribution in [2.75, 3.05) is 26.4 Å². The topological polar surface area (TPSA) is 94.5 Å². The number of phenols is 1. The molecule has 3 aromatic carbocycles. The van der Waals surface area contributed by atoms with Crippen LogP contribution in [0.3, 0.4) is 0 Å². The maximum Gasteiger partial charge on any atom is 1.00 e. The van der Waals surface area contributed by atoms with Crippen LogP contribution in [0.25, 0.3) is 0 Å². The van der Waals surface area contributed by atoms with E-state index in [1.807, 2.05) is 24.3 Å². The predicted molar refractivity (Wildman–Crippen MR) is 146 cm³/mol. The van der Waals surface area contributed by atoms with Gasteiger partial charge in [-0.15, -0.1) is 0 Å². The molecule has 1 fully saturated rings. The standard InChI is InChI=1S/C31H36O7.Na.H/c1-3-9-23-27(12-7-13-28(23)38-29-11-6-5-10-24(29)31(33)34)36-15-8-16-37-30-19-26(32)25(18-21(30)4-2)22-14-17-35-20-22;;/h5-7,10-13,18-19,22,32H,3-4,8-9,14-17,20H2,1-2H3,(H,33,34);;/q;+1;-1. The van der Waals surface area contributed by atoms with E-state index in [0.29, 0.717) is 49.2 Å². The van der Waals surface area contributed by atoms with Gasteiger partial charge in [-0.05, 0) is 60.7 Å². The molecule has 1 heterocycles. The van der Waals surface area contributed by atoms with Gasteiger partial charge in [0.25, 0.3) is 0 Å². The predicted octanol–water partition coefficient (Wildman–Crippen LogP) is 3.87. The fraction of sp³-hybridized carbons (Fsp3) is 0.387. The van der Waals surface area contributed by atoms with Crippen LogP contribution in [0.1, 0.15) is 67.5 Å². The minimum Gasteiger partial charge on any atom is -1.00 e. The van der Waals surface area contributed by atoms with Gasteiger partial charge in [-0.25, -0.2) is 4.79 Å². The van der Waals surface area contributed by atoms with Gasteiger partial charge in [-0.3, -0.25) is 0 Å². The van der Waals surface area contributed by atoms with Crippen molar-refractivity contribution in [3.05, 3.63) is 76.9 Å². The molecular weight excluding hydrogens is 507 g/mol. The van der Waals surface area contributed by atoms with Crippen molar-refractivity contribution in [1.82, 2.24) is 0 Å². The van der Waals surface area contributed by atoms with E-state index in [1.165, 1.54) is 6.07 Å². The first-order valence-electron chi connectivity index (χ1n) is 13.3. The smallest absolute Gasteiger partial charge is 1.00 e. The molecule has 0 aliphatic carbocycles. The molecule has 0 saturated carbocycles. The largest absolute Gasteiger partial charge is 1.00 e. The SMILES string of the molecule is CCCc1c(OCCCOc2cc(O)c(C3CCOC3)cc2CC)cccc1Oc1ccccc1C(=O)O.[H-].[Na+]. The summed E-state index contributed by atoms with van der Waals surface area (Å²) in [6.45, 7) is 6.42. The van der Waals surface area contributed by atoms with Crippen molar-refractivity contribution >= 4 is 5.97 Å². The van der Waals surface area contributed by atoms with E-state index in [2.05, 4.69) is 13.8 Å². The average molecular weight is 545 g/mol. The zero-order chi connectivity index (χ0) is 26.9. The van der Waals surface area contributed by atoms with Crippen LogP contribution in [0.5, 0.6) is 28.7 Å². The first-order valence-corrected chi connectivity index (χ1v) is 13.3. The van der Waals surface area contributed by atoms with Crippen LogP contribution < -0.4 is 43.8 Å². The van der Waals surface area contributed by atoms with Crippen LogP contribution in [-0.2, 0) is 17.6 Å². The van der Waals surface area contributed by atoms with Gasteiger partial charge in [0.2, 0.25) is 0 Å². The molecule has 2 N–H and O–H groups in total. The summed E-state index contributed by atoms with van der Waals surface area (Å²) in [7, 11) is 0. The number of aryl methyl sites for hydroxylation is 1. The molecule has 3 aromatic rings. The Kier molecular flexibility index (Phi) is 12.0. The van der Waals surface area contributed by atoms with Crippen molar-refractivity contribution in [1.29, 1.82) is 0 Å². The van der Waals surface area contributed by atoms with Crippen molar-refractivity contribution in [2.45, 2.75) is 51.9 Å². The van der Waals surface area contributed by atoms with Crippen LogP contribution >= 0.6 is 0 Å². The number of hydrogen-bond donors (Lipinski definition) is 2. The summed E-state index contributed by atoms with van der Waals surface area (Å²) in [5.74, 6) is 1.76. The molecule has 1 aliphatic heterocycles. The molecule has 0 aromatic heterocycles. The van der Waals surface area contributed by atoms with E-state index in [9.17, 15) is 15.0 Å². The number of aromatic carboxylic acids is 1. The van der Waals surface area contributed by atoms with Gasteiger partial charge in [0.05, 0.1) is 19.8 Å². The summed E-state index contributed by atoms with van der Waals surface area (Å²) >= 11 is 0. The second-order valence-electron chi connectivity index (χ2n) is 9.37. The number of phenolic OH excluding ortho intramolecular Hbond substituents is 1. The van der Waals surface area contributed by atoms with Gasteiger partial charge >= 0.3 is 35.5 Å². The molecule has 1 aliphatic rings. The summed E-state index contributed by atoms with van der Waals surface area (Å²) in [5.41, 5.74) is 3.02. The van der Waals surface area contributed by atoms with Crippen LogP contribution in [-0.4, -0.2) is 42.6 Å². The molecule has 1 unspecified atom stereocenters. The summed E-state index contributed by atoms with van der Waals surface area (Å²) in [6, 6.07) is 16.0. The van der Waals surface area contributed by atoms with Crippen LogP contribution in [0.4, 0.5) is 0 Å². The minimum atomic E-state index is -1.04. The second-order valence-corrected chi connectivity index (χ2v) is 9.37. The maximum atomic E-state index is 11.6. The van der Waals surface area contributed by atoms with E-state index in [-0.39, 0.29) is 48.2 Å². The summed E-state index contributed by atoms with van der Waals surface area (Å²) in [6.07, 6.45) is 4.00. The molecule has 4 rings (SSSR count). The number of carbonyl (C=O) groups is 1. The number of aromatic hydroxyl groups is 1. The van der Waals surface area contributed by atoms with E-state index in [4.69, 9.17) is 18.9 Å². The maximum absolute atomic E-state index is 11.6. The van der Waals surface area contributed by atoms with Crippen LogP contribution in [0, 0.1) is 0 Å². The molecule has 0 spiro atoms. The summed E-state index contributed by atoms with van der Waals surface area (Å²) in [5, 5.41) is 20.1. The second kappa shape index (κ2) is 15.2. The van der Waals surface area contributed by atoms with Gasteiger partial charge in [0.15, 0.2) is 0 Å². The van der Waals surface area contributed by atoms with Crippen molar-refractivity contribution in [3.8, 4) is 28.7 Å². The van der Waals surface area contributed by atoms with E-state index >= 15 is 0 Å². The third kappa shape index (κ3) is 7.92. The van der Waals surface area contributed by atoms with Crippen molar-refractivity contribution in [3.63, 3.8) is 0 Å². The number of rotatable bonds is 13. The zero-order valence-corrected chi connectivity index (χ0v) is 25.1. The molecule has 0 bridgehead atoms. The Bertz CT molecular complexity index is 1240. The molecule has 39 heavy (non-hydrogen) atoms. The third-order valence-electron chi connectivity index (χ3n) is 6.69. The normalized spacial score (nSPS) is 14.5. The molecule has 1 atom stereocenters. The molecule has 1 saturated heterocycles. The summed E-state index contributed by atoms with van der Waals surface area (Å²) < 4.78 is 23.7. The van der Waals surface area contributed by atoms with Gasteiger partial charge in [0.1, 0.15) is 34.3 Å². The molecule has 0 radical (unpaired) electrons. The molecule has 7 nitrogen and oxygen atoms in total. The number of hydrogen-bond acceptors (Lipinski definition) is 6. The minimum absolute atomic E-state index is 0. The number of ether oxygens (including phenoxy) is 4. The Morgan fingerprint density at radius 2 is 1.72 bits per heavy atom. The van der Waals surface area contributed by atoms with Gasteiger partial charge in [-0.2, -0.15) is 0 Å². The van der Waals surface area contributed by atoms with Crippen LogP contribution in [0.15, 0.2) is 54.6 Å². The fourth-order valence-corrected chi connectivity index (χ4v) is 4.70. The Morgan fingerprint density at radius 1 is 1.00 bits per heavy atom. The molecule has 8 heteroatoms. The quantitative estimate of drug-likeness (QED) is 0.249. The number of para-hydroxylation sites is 1. The van der Waals surface area contributed by atoms with E-state index in [0.717, 1.165) is 49.0 Å². The Hall–Kier alpha value is -2.71. The number of carboxylic acid groups (broad SMARTS) is 1. The molecular formula is C31H37NaO7. The molecule has 0 amide bonds. The zero-order valence-electron chi connectivity index (χ0n) is 24.1. The first kappa shape index (κ1) is 30.8. The van der Waals surface area contributed by atoms with Gasteiger partial charge < -0.3 is 30.6 Å². The Balaban J connectivity index is 0.00000280. The van der Waals surface area contributed by atoms with E-state index < -0.39 is 5.97 Å². The Labute approximate surface area is 253 Å². The van der Waals surface area contributed by atoms with E-state index in [1.54, 1.807) is 24.3 Å². The Morgan fingerprint density at radius 3 is 2.41 bits per heavy atom. The third-order valence-corrected chi connectivity index (χ3v) is 6.69.